The molecule has 0 saturated carbocycles. The number of hydrogen-bond donors (Lipinski definition) is 0. The highest BCUT2D eigenvalue weighted by atomic mass is 19.4. The average Bonchev–Trinajstić information content (AvgIpc) is 2.77. The summed E-state index contributed by atoms with van der Waals surface area (Å²) < 4.78 is 221. The van der Waals surface area contributed by atoms with Gasteiger partial charge in [-0.1, -0.05) is 27.7 Å². The molecule has 20 heteroatoms. The predicted molar refractivity (Wildman–Crippen MR) is 100 cm³/mol. The molecule has 0 rings (SSSR count). The fourth-order valence-electron chi connectivity index (χ4n) is 2.80. The minimum Gasteiger partial charge on any atom is -0.452 e. The summed E-state index contributed by atoms with van der Waals surface area (Å²) in [6.45, 7) is 2.30. The van der Waals surface area contributed by atoms with Crippen molar-refractivity contribution < 1.29 is 89.3 Å². The molecular weight excluding hydrogens is 608 g/mol. The minimum atomic E-state index is -6.83. The normalized spacial score (nSPS) is 16.3. The van der Waals surface area contributed by atoms with Crippen LogP contribution in [0.15, 0.2) is 12.2 Å². The molecule has 0 spiro atoms. The maximum atomic E-state index is 14.2. The van der Waals surface area contributed by atoms with Gasteiger partial charge in [0.25, 0.3) is 0 Å². The Morgan fingerprint density at radius 2 is 0.725 bits per heavy atom. The largest absolute Gasteiger partial charge is 0.452 e. The smallest absolute Gasteiger partial charge is 0.381 e. The van der Waals surface area contributed by atoms with Crippen molar-refractivity contribution in [3.05, 3.63) is 12.2 Å². The molecule has 0 aromatic rings. The molecule has 0 aliphatic carbocycles. The van der Waals surface area contributed by atoms with Crippen LogP contribution >= 0.6 is 0 Å². The van der Waals surface area contributed by atoms with Gasteiger partial charge in [-0.2, -0.15) is 52.7 Å². The van der Waals surface area contributed by atoms with E-state index in [4.69, 9.17) is 0 Å². The maximum Gasteiger partial charge on any atom is 0.381 e. The van der Waals surface area contributed by atoms with Crippen molar-refractivity contribution in [2.24, 2.45) is 11.8 Å². The summed E-state index contributed by atoms with van der Waals surface area (Å²) in [5.41, 5.74) is 0. The molecule has 0 amide bonds. The standard InChI is InChI=1S/C20H20F16O4/c1-7(2)11(15(25,26)19(33,34)17(29,30)13(21)22)39-9(37)5-6-10(38)40-12(8(3)4)16(27,28)20(35,36)18(31,32)14(23)24/h5-8,11-14H,1-4H3/b6-5+. The Labute approximate surface area is 214 Å². The zero-order valence-corrected chi connectivity index (χ0v) is 20.3. The quantitative estimate of drug-likeness (QED) is 0.118. The Morgan fingerprint density at radius 1 is 0.500 bits per heavy atom. The fourth-order valence-corrected chi connectivity index (χ4v) is 2.80. The van der Waals surface area contributed by atoms with Gasteiger partial charge in [0, 0.05) is 12.2 Å². The van der Waals surface area contributed by atoms with Gasteiger partial charge >= 0.3 is 60.3 Å². The van der Waals surface area contributed by atoms with Crippen LogP contribution in [-0.2, 0) is 19.1 Å². The first kappa shape index (κ1) is 37.6. The van der Waals surface area contributed by atoms with Gasteiger partial charge in [0.15, 0.2) is 12.2 Å². The molecule has 0 aliphatic heterocycles. The van der Waals surface area contributed by atoms with Gasteiger partial charge in [-0.05, 0) is 11.8 Å². The third-order valence-electron chi connectivity index (χ3n) is 4.99. The van der Waals surface area contributed by atoms with Crippen LogP contribution in [-0.4, -0.2) is 72.5 Å². The number of ether oxygens (including phenoxy) is 2. The molecule has 0 aromatic carbocycles. The third kappa shape index (κ3) is 6.88. The number of alkyl halides is 16. The minimum absolute atomic E-state index is 0.376. The SMILES string of the molecule is CC(C)C(OC(=O)/C=C/C(=O)OC(C(C)C)C(F)(F)C(F)(F)C(F)(F)C(F)F)C(F)(F)C(F)(F)C(F)(F)C(F)F. The van der Waals surface area contributed by atoms with Crippen molar-refractivity contribution >= 4 is 11.9 Å². The second-order valence-corrected chi connectivity index (χ2v) is 8.78. The van der Waals surface area contributed by atoms with Crippen LogP contribution < -0.4 is 0 Å². The van der Waals surface area contributed by atoms with Crippen molar-refractivity contribution in [2.45, 2.75) is 88.3 Å². The summed E-state index contributed by atoms with van der Waals surface area (Å²) in [6, 6.07) is 0. The third-order valence-corrected chi connectivity index (χ3v) is 4.99. The highest BCUT2D eigenvalue weighted by Crippen LogP contribution is 2.53. The van der Waals surface area contributed by atoms with Crippen LogP contribution in [0.3, 0.4) is 0 Å². The van der Waals surface area contributed by atoms with Gasteiger partial charge in [0.2, 0.25) is 0 Å². The molecule has 236 valence electrons. The zero-order chi connectivity index (χ0) is 32.4. The summed E-state index contributed by atoms with van der Waals surface area (Å²) in [7, 11) is 0. The number of esters is 2. The number of rotatable bonds is 14. The lowest BCUT2D eigenvalue weighted by Gasteiger charge is -2.37. The van der Waals surface area contributed by atoms with E-state index in [9.17, 15) is 79.8 Å². The molecule has 0 heterocycles. The van der Waals surface area contributed by atoms with E-state index in [1.165, 1.54) is 0 Å². The molecule has 0 N–H and O–H groups in total. The molecule has 0 radical (unpaired) electrons. The van der Waals surface area contributed by atoms with Crippen LogP contribution in [0, 0.1) is 11.8 Å². The van der Waals surface area contributed by atoms with Crippen LogP contribution in [0.4, 0.5) is 70.2 Å². The van der Waals surface area contributed by atoms with E-state index in [0.717, 1.165) is 0 Å². The summed E-state index contributed by atoms with van der Waals surface area (Å²) in [4.78, 5) is 23.4. The van der Waals surface area contributed by atoms with Crippen molar-refractivity contribution in [2.75, 3.05) is 0 Å². The summed E-state index contributed by atoms with van der Waals surface area (Å²) >= 11 is 0. The van der Waals surface area contributed by atoms with Crippen molar-refractivity contribution in [1.82, 2.24) is 0 Å². The van der Waals surface area contributed by atoms with Crippen LogP contribution in [0.5, 0.6) is 0 Å². The van der Waals surface area contributed by atoms with Gasteiger partial charge in [0.05, 0.1) is 0 Å². The molecule has 0 fully saturated rings. The lowest BCUT2D eigenvalue weighted by atomic mass is 9.92. The van der Waals surface area contributed by atoms with E-state index in [2.05, 4.69) is 9.47 Å². The van der Waals surface area contributed by atoms with Gasteiger partial charge < -0.3 is 9.47 Å². The predicted octanol–water partition coefficient (Wildman–Crippen LogP) is 7.02. The van der Waals surface area contributed by atoms with Gasteiger partial charge in [-0.15, -0.1) is 0 Å². The Hall–Kier alpha value is -2.44. The molecule has 0 saturated heterocycles. The van der Waals surface area contributed by atoms with E-state index in [-0.39, 0.29) is 12.2 Å². The second-order valence-electron chi connectivity index (χ2n) is 8.78. The van der Waals surface area contributed by atoms with E-state index in [1.54, 1.807) is 0 Å². The van der Waals surface area contributed by atoms with Gasteiger partial charge in [0.1, 0.15) is 0 Å². The Morgan fingerprint density at radius 3 is 0.900 bits per heavy atom. The first-order valence-corrected chi connectivity index (χ1v) is 10.5. The number of carbonyl (C=O) groups excluding carboxylic acids is 2. The van der Waals surface area contributed by atoms with Crippen molar-refractivity contribution in [3.63, 3.8) is 0 Å². The first-order valence-electron chi connectivity index (χ1n) is 10.5. The second kappa shape index (κ2) is 12.2. The van der Waals surface area contributed by atoms with E-state index in [1.807, 2.05) is 0 Å². The lowest BCUT2D eigenvalue weighted by molar-refractivity contribution is -0.359. The summed E-state index contributed by atoms with van der Waals surface area (Å²) in [5.74, 6) is -48.0. The van der Waals surface area contributed by atoms with E-state index in [0.29, 0.717) is 27.7 Å². The molecule has 0 bridgehead atoms. The molecule has 2 unspecified atom stereocenters. The number of carbonyl (C=O) groups is 2. The zero-order valence-electron chi connectivity index (χ0n) is 20.3. The van der Waals surface area contributed by atoms with Gasteiger partial charge in [-0.3, -0.25) is 0 Å². The highest BCUT2D eigenvalue weighted by Gasteiger charge is 2.79. The average molecular weight is 628 g/mol. The highest BCUT2D eigenvalue weighted by molar-refractivity contribution is 5.91. The topological polar surface area (TPSA) is 52.6 Å². The Kier molecular flexibility index (Phi) is 11.5. The van der Waals surface area contributed by atoms with Crippen LogP contribution in [0.1, 0.15) is 27.7 Å². The number of hydrogen-bond acceptors (Lipinski definition) is 4. The van der Waals surface area contributed by atoms with Crippen molar-refractivity contribution in [3.8, 4) is 0 Å². The molecule has 0 aromatic heterocycles. The molecular formula is C20H20F16O4. The van der Waals surface area contributed by atoms with E-state index < -0.39 is 84.4 Å². The van der Waals surface area contributed by atoms with Crippen LogP contribution in [0.2, 0.25) is 0 Å². The van der Waals surface area contributed by atoms with Crippen molar-refractivity contribution in [1.29, 1.82) is 0 Å². The summed E-state index contributed by atoms with van der Waals surface area (Å²) in [5, 5.41) is 0. The molecule has 2 atom stereocenters. The molecule has 4 nitrogen and oxygen atoms in total. The molecule has 0 aliphatic rings. The molecule has 40 heavy (non-hydrogen) atoms. The monoisotopic (exact) mass is 628 g/mol. The Balaban J connectivity index is 6.00. The first-order chi connectivity index (χ1) is 17.5. The maximum absolute atomic E-state index is 14.2. The lowest BCUT2D eigenvalue weighted by Crippen LogP contribution is -2.63. The Bertz CT molecular complexity index is 842. The van der Waals surface area contributed by atoms with E-state index >= 15 is 0 Å². The number of halogens is 16. The van der Waals surface area contributed by atoms with Gasteiger partial charge in [-0.25, -0.2) is 27.2 Å². The van der Waals surface area contributed by atoms with Crippen LogP contribution in [0.25, 0.3) is 0 Å². The fraction of sp³-hybridized carbons (Fsp3) is 0.800. The summed E-state index contributed by atoms with van der Waals surface area (Å²) in [6.07, 6.45) is -18.6.